The van der Waals surface area contributed by atoms with Gasteiger partial charge >= 0.3 is 0 Å². The van der Waals surface area contributed by atoms with Crippen LogP contribution in [0.1, 0.15) is 12.5 Å². The minimum Gasteiger partial charge on any atom is -0.302 e. The second-order valence-corrected chi connectivity index (χ2v) is 7.14. The van der Waals surface area contributed by atoms with Crippen LogP contribution in [0, 0.1) is 10.1 Å². The third-order valence-electron chi connectivity index (χ3n) is 4.16. The number of hydrogen-bond donors (Lipinski definition) is 1. The van der Waals surface area contributed by atoms with Gasteiger partial charge in [-0.2, -0.15) is 5.10 Å². The van der Waals surface area contributed by atoms with Crippen molar-refractivity contribution in [3.05, 3.63) is 76.4 Å². The SMILES string of the molecule is CCn1c(SCC(=O)NN=C/C=C\c2ccccc2[N+](=O)[O-])nnc1-c1ccccc1. The van der Waals surface area contributed by atoms with Gasteiger partial charge in [-0.25, -0.2) is 5.43 Å². The molecule has 2 aromatic carbocycles. The van der Waals surface area contributed by atoms with Crippen LogP contribution < -0.4 is 5.43 Å². The van der Waals surface area contributed by atoms with Crippen LogP contribution in [0.25, 0.3) is 17.5 Å². The van der Waals surface area contributed by atoms with E-state index in [-0.39, 0.29) is 17.3 Å². The van der Waals surface area contributed by atoms with Crippen LogP contribution in [0.4, 0.5) is 5.69 Å². The average molecular weight is 436 g/mol. The Labute approximate surface area is 183 Å². The number of hydrogen-bond acceptors (Lipinski definition) is 7. The number of allylic oxidation sites excluding steroid dienone is 1. The predicted molar refractivity (Wildman–Crippen MR) is 121 cm³/mol. The highest BCUT2D eigenvalue weighted by Gasteiger charge is 2.14. The maximum atomic E-state index is 12.1. The van der Waals surface area contributed by atoms with Gasteiger partial charge in [-0.05, 0) is 25.1 Å². The Morgan fingerprint density at radius 1 is 1.19 bits per heavy atom. The fourth-order valence-electron chi connectivity index (χ4n) is 2.74. The minimum absolute atomic E-state index is 0.00231. The summed E-state index contributed by atoms with van der Waals surface area (Å²) in [7, 11) is 0. The van der Waals surface area contributed by atoms with E-state index in [1.54, 1.807) is 24.3 Å². The van der Waals surface area contributed by atoms with Crippen molar-refractivity contribution in [1.29, 1.82) is 0 Å². The summed E-state index contributed by atoms with van der Waals surface area (Å²) < 4.78 is 1.95. The molecule has 0 bridgehead atoms. The zero-order valence-corrected chi connectivity index (χ0v) is 17.5. The van der Waals surface area contributed by atoms with Gasteiger partial charge in [-0.15, -0.1) is 10.2 Å². The molecule has 0 spiro atoms. The van der Waals surface area contributed by atoms with Crippen molar-refractivity contribution < 1.29 is 9.72 Å². The summed E-state index contributed by atoms with van der Waals surface area (Å²) in [6.07, 6.45) is 4.44. The summed E-state index contributed by atoms with van der Waals surface area (Å²) in [5, 5.41) is 23.9. The highest BCUT2D eigenvalue weighted by atomic mass is 32.2. The molecule has 1 aromatic heterocycles. The monoisotopic (exact) mass is 436 g/mol. The molecular formula is C21H20N6O3S. The summed E-state index contributed by atoms with van der Waals surface area (Å²) in [5.41, 5.74) is 3.84. The molecule has 1 heterocycles. The van der Waals surface area contributed by atoms with Gasteiger partial charge in [0.25, 0.3) is 11.6 Å². The van der Waals surface area contributed by atoms with Gasteiger partial charge < -0.3 is 4.57 Å². The molecule has 0 aliphatic carbocycles. The summed E-state index contributed by atoms with van der Waals surface area (Å²) in [4.78, 5) is 22.6. The van der Waals surface area contributed by atoms with E-state index in [1.165, 1.54) is 30.1 Å². The zero-order valence-electron chi connectivity index (χ0n) is 16.7. The molecule has 1 amide bonds. The van der Waals surface area contributed by atoms with Crippen LogP contribution in [0.5, 0.6) is 0 Å². The van der Waals surface area contributed by atoms with Crippen LogP contribution in [0.3, 0.4) is 0 Å². The molecule has 0 aliphatic rings. The highest BCUT2D eigenvalue weighted by Crippen LogP contribution is 2.23. The van der Waals surface area contributed by atoms with Crippen LogP contribution in [0.2, 0.25) is 0 Å². The van der Waals surface area contributed by atoms with E-state index < -0.39 is 4.92 Å². The van der Waals surface area contributed by atoms with E-state index >= 15 is 0 Å². The molecule has 0 aliphatic heterocycles. The van der Waals surface area contributed by atoms with E-state index in [4.69, 9.17) is 0 Å². The molecule has 158 valence electrons. The van der Waals surface area contributed by atoms with E-state index in [2.05, 4.69) is 20.7 Å². The van der Waals surface area contributed by atoms with Crippen molar-refractivity contribution in [3.8, 4) is 11.4 Å². The Kier molecular flexibility index (Phi) is 7.66. The number of nitrogens with one attached hydrogen (secondary N) is 1. The molecule has 3 aromatic rings. The van der Waals surface area contributed by atoms with Crippen molar-refractivity contribution in [3.63, 3.8) is 0 Å². The number of carbonyl (C=O) groups is 1. The molecule has 1 N–H and O–H groups in total. The molecule has 0 atom stereocenters. The van der Waals surface area contributed by atoms with Crippen LogP contribution in [-0.4, -0.2) is 37.6 Å². The fourth-order valence-corrected chi connectivity index (χ4v) is 3.53. The molecule has 10 heteroatoms. The Balaban J connectivity index is 1.53. The molecule has 3 rings (SSSR count). The summed E-state index contributed by atoms with van der Waals surface area (Å²) >= 11 is 1.27. The lowest BCUT2D eigenvalue weighted by atomic mass is 10.2. The topological polar surface area (TPSA) is 115 Å². The first kappa shape index (κ1) is 21.9. The number of para-hydroxylation sites is 1. The van der Waals surface area contributed by atoms with Crippen LogP contribution >= 0.6 is 11.8 Å². The summed E-state index contributed by atoms with van der Waals surface area (Å²) in [5.74, 6) is 0.578. The second kappa shape index (κ2) is 10.8. The Hall–Kier alpha value is -3.79. The third kappa shape index (κ3) is 5.86. The predicted octanol–water partition coefficient (Wildman–Crippen LogP) is 3.78. The van der Waals surface area contributed by atoms with E-state index in [9.17, 15) is 14.9 Å². The van der Waals surface area contributed by atoms with Crippen molar-refractivity contribution in [2.45, 2.75) is 18.6 Å². The first-order valence-corrected chi connectivity index (χ1v) is 10.4. The number of aromatic nitrogens is 3. The lowest BCUT2D eigenvalue weighted by Crippen LogP contribution is -2.19. The number of benzene rings is 2. The van der Waals surface area contributed by atoms with Gasteiger partial charge in [0.15, 0.2) is 11.0 Å². The zero-order chi connectivity index (χ0) is 22.1. The molecule has 0 fully saturated rings. The first-order chi connectivity index (χ1) is 15.1. The normalized spacial score (nSPS) is 11.3. The maximum Gasteiger partial charge on any atom is 0.276 e. The van der Waals surface area contributed by atoms with Crippen LogP contribution in [0.15, 0.2) is 70.9 Å². The molecule has 0 radical (unpaired) electrons. The highest BCUT2D eigenvalue weighted by molar-refractivity contribution is 7.99. The van der Waals surface area contributed by atoms with E-state index in [1.807, 2.05) is 41.8 Å². The summed E-state index contributed by atoms with van der Waals surface area (Å²) in [6.45, 7) is 2.67. The van der Waals surface area contributed by atoms with E-state index in [0.29, 0.717) is 17.3 Å². The number of rotatable bonds is 9. The van der Waals surface area contributed by atoms with Gasteiger partial charge in [-0.1, -0.05) is 54.2 Å². The average Bonchev–Trinajstić information content (AvgIpc) is 3.21. The van der Waals surface area contributed by atoms with Gasteiger partial charge in [-0.3, -0.25) is 14.9 Å². The minimum atomic E-state index is -0.450. The standard InChI is InChI=1S/C21H20N6O3S/c1-2-26-20(17-10-4-3-5-11-17)24-25-21(26)31-15-19(28)23-22-14-8-12-16-9-6-7-13-18(16)27(29)30/h3-14H,2,15H2,1H3,(H,23,28)/b12-8-,22-14?. The van der Waals surface area contributed by atoms with Gasteiger partial charge in [0, 0.05) is 24.4 Å². The number of amides is 1. The van der Waals surface area contributed by atoms with E-state index in [0.717, 1.165) is 11.4 Å². The molecule has 0 saturated carbocycles. The van der Waals surface area contributed by atoms with Crippen molar-refractivity contribution in [2.24, 2.45) is 5.10 Å². The Morgan fingerprint density at radius 2 is 1.94 bits per heavy atom. The molecule has 0 unspecified atom stereocenters. The largest absolute Gasteiger partial charge is 0.302 e. The quantitative estimate of drug-likeness (QED) is 0.236. The first-order valence-electron chi connectivity index (χ1n) is 9.43. The Morgan fingerprint density at radius 3 is 2.68 bits per heavy atom. The number of carbonyl (C=O) groups excluding carboxylic acids is 1. The second-order valence-electron chi connectivity index (χ2n) is 6.19. The maximum absolute atomic E-state index is 12.1. The lowest BCUT2D eigenvalue weighted by Gasteiger charge is -2.06. The molecular weight excluding hydrogens is 416 g/mol. The van der Waals surface area contributed by atoms with Crippen molar-refractivity contribution in [1.82, 2.24) is 20.2 Å². The molecule has 0 saturated heterocycles. The van der Waals surface area contributed by atoms with Crippen molar-refractivity contribution >= 4 is 35.6 Å². The Bertz CT molecular complexity index is 1110. The third-order valence-corrected chi connectivity index (χ3v) is 5.12. The fraction of sp³-hybridized carbons (Fsp3) is 0.143. The molecule has 31 heavy (non-hydrogen) atoms. The van der Waals surface area contributed by atoms with Gasteiger partial charge in [0.2, 0.25) is 0 Å². The number of nitro benzene ring substituents is 1. The lowest BCUT2D eigenvalue weighted by molar-refractivity contribution is -0.385. The van der Waals surface area contributed by atoms with Crippen molar-refractivity contribution in [2.75, 3.05) is 5.75 Å². The van der Waals surface area contributed by atoms with Gasteiger partial charge in [0.05, 0.1) is 16.2 Å². The summed E-state index contributed by atoms with van der Waals surface area (Å²) in [6, 6.07) is 16.1. The van der Waals surface area contributed by atoms with Crippen LogP contribution in [-0.2, 0) is 11.3 Å². The number of hydrazone groups is 1. The number of nitrogens with zero attached hydrogens (tertiary/aromatic N) is 5. The smallest absolute Gasteiger partial charge is 0.276 e. The van der Waals surface area contributed by atoms with Gasteiger partial charge in [0.1, 0.15) is 0 Å². The number of nitro groups is 1. The number of thioether (sulfide) groups is 1. The molecule has 9 nitrogen and oxygen atoms in total.